The Balaban J connectivity index is 2.73. The number of carbonyl (C=O) groups is 1. The van der Waals surface area contributed by atoms with Crippen LogP contribution in [0.3, 0.4) is 0 Å². The summed E-state index contributed by atoms with van der Waals surface area (Å²) in [4.78, 5) is 16.6. The van der Waals surface area contributed by atoms with Crippen molar-refractivity contribution in [1.29, 1.82) is 5.26 Å². The molecule has 2 atom stereocenters. The molecule has 0 bridgehead atoms. The third kappa shape index (κ3) is 3.58. The van der Waals surface area contributed by atoms with Gasteiger partial charge in [-0.1, -0.05) is 18.2 Å². The number of ether oxygens (including phenoxy) is 1. The van der Waals surface area contributed by atoms with E-state index in [0.717, 1.165) is 6.07 Å². The van der Waals surface area contributed by atoms with Crippen LogP contribution in [0.2, 0.25) is 0 Å². The highest BCUT2D eigenvalue weighted by Crippen LogP contribution is 2.44. The number of carbonyl (C=O) groups excluding carboxylic acids is 1. The largest absolute Gasteiger partial charge is 0.463 e. The molecule has 1 aromatic carbocycles. The average molecular weight is 350 g/mol. The Labute approximate surface area is 143 Å². The molecule has 7 heteroatoms. The first kappa shape index (κ1) is 18.7. The van der Waals surface area contributed by atoms with Crippen molar-refractivity contribution >= 4 is 11.7 Å². The maximum Gasteiger partial charge on any atom is 0.416 e. The molecule has 0 fully saturated rings. The van der Waals surface area contributed by atoms with Crippen molar-refractivity contribution in [3.63, 3.8) is 0 Å². The van der Waals surface area contributed by atoms with Gasteiger partial charge in [-0.3, -0.25) is 4.99 Å². The van der Waals surface area contributed by atoms with Gasteiger partial charge in [0.2, 0.25) is 0 Å². The fourth-order valence-corrected chi connectivity index (χ4v) is 3.04. The minimum atomic E-state index is -4.60. The lowest BCUT2D eigenvalue weighted by atomic mass is 9.75. The van der Waals surface area contributed by atoms with Crippen LogP contribution in [0.5, 0.6) is 0 Å². The van der Waals surface area contributed by atoms with Gasteiger partial charge in [-0.15, -0.1) is 0 Å². The second-order valence-electron chi connectivity index (χ2n) is 5.64. The van der Waals surface area contributed by atoms with E-state index in [-0.39, 0.29) is 23.4 Å². The molecule has 0 amide bonds. The second-order valence-corrected chi connectivity index (χ2v) is 5.64. The number of rotatable bonds is 3. The molecule has 1 heterocycles. The Hall–Kier alpha value is -2.62. The van der Waals surface area contributed by atoms with Crippen molar-refractivity contribution in [2.24, 2.45) is 10.9 Å². The summed E-state index contributed by atoms with van der Waals surface area (Å²) in [5, 5.41) is 9.52. The van der Waals surface area contributed by atoms with E-state index in [9.17, 15) is 23.2 Å². The summed E-state index contributed by atoms with van der Waals surface area (Å²) in [5.74, 6) is -2.82. The Morgan fingerprint density at radius 2 is 1.96 bits per heavy atom. The normalized spacial score (nSPS) is 20.8. The van der Waals surface area contributed by atoms with Crippen LogP contribution >= 0.6 is 0 Å². The third-order valence-electron chi connectivity index (χ3n) is 4.06. The van der Waals surface area contributed by atoms with E-state index in [2.05, 4.69) is 4.99 Å². The molecular weight excluding hydrogens is 333 g/mol. The number of hydrogen-bond acceptors (Lipinski definition) is 4. The van der Waals surface area contributed by atoms with E-state index >= 15 is 0 Å². The number of aliphatic imine (C=N–C) groups is 1. The van der Waals surface area contributed by atoms with Gasteiger partial charge >= 0.3 is 12.1 Å². The highest BCUT2D eigenvalue weighted by Gasteiger charge is 2.43. The quantitative estimate of drug-likeness (QED) is 0.766. The zero-order valence-corrected chi connectivity index (χ0v) is 14.0. The molecule has 0 saturated carbocycles. The zero-order valence-electron chi connectivity index (χ0n) is 14.0. The van der Waals surface area contributed by atoms with Crippen LogP contribution in [0.15, 0.2) is 40.5 Å². The van der Waals surface area contributed by atoms with E-state index in [4.69, 9.17) is 4.74 Å². The number of alkyl halides is 3. The molecule has 25 heavy (non-hydrogen) atoms. The molecule has 132 valence electrons. The van der Waals surface area contributed by atoms with Crippen molar-refractivity contribution in [2.75, 3.05) is 6.61 Å². The summed E-state index contributed by atoms with van der Waals surface area (Å²) in [5.41, 5.74) is -0.363. The topological polar surface area (TPSA) is 62.4 Å². The zero-order chi connectivity index (χ0) is 18.8. The van der Waals surface area contributed by atoms with Gasteiger partial charge < -0.3 is 4.74 Å². The van der Waals surface area contributed by atoms with Crippen molar-refractivity contribution < 1.29 is 22.7 Å². The lowest BCUT2D eigenvalue weighted by Crippen LogP contribution is -2.31. The van der Waals surface area contributed by atoms with Crippen molar-refractivity contribution in [3.05, 3.63) is 46.7 Å². The van der Waals surface area contributed by atoms with E-state index in [1.165, 1.54) is 25.1 Å². The Morgan fingerprint density at radius 3 is 2.52 bits per heavy atom. The third-order valence-corrected chi connectivity index (χ3v) is 4.06. The second kappa shape index (κ2) is 7.09. The fourth-order valence-electron chi connectivity index (χ4n) is 3.04. The van der Waals surface area contributed by atoms with Gasteiger partial charge in [-0.05, 0) is 32.4 Å². The number of nitrogens with zero attached hydrogens (tertiary/aromatic N) is 2. The lowest BCUT2D eigenvalue weighted by molar-refractivity contribution is -0.141. The summed E-state index contributed by atoms with van der Waals surface area (Å²) in [6.07, 6.45) is -4.60. The summed E-state index contributed by atoms with van der Waals surface area (Å²) in [6, 6.07) is 6.96. The number of esters is 1. The minimum absolute atomic E-state index is 0.00398. The van der Waals surface area contributed by atoms with Crippen molar-refractivity contribution in [3.8, 4) is 6.07 Å². The van der Waals surface area contributed by atoms with Crippen LogP contribution in [-0.2, 0) is 15.7 Å². The summed E-state index contributed by atoms with van der Waals surface area (Å²) < 4.78 is 45.4. The SMILES string of the molecule is CCOC(=O)C1=C(C)N=C(C)C(C#N)C1c1ccccc1C(F)(F)F. The van der Waals surface area contributed by atoms with E-state index < -0.39 is 29.5 Å². The molecule has 0 aromatic heterocycles. The first-order chi connectivity index (χ1) is 11.7. The van der Waals surface area contributed by atoms with Crippen LogP contribution < -0.4 is 0 Å². The Kier molecular flexibility index (Phi) is 5.31. The molecule has 0 radical (unpaired) electrons. The van der Waals surface area contributed by atoms with Crippen LogP contribution in [-0.4, -0.2) is 18.3 Å². The van der Waals surface area contributed by atoms with Gasteiger partial charge in [0.15, 0.2) is 0 Å². The molecular formula is C18H17F3N2O2. The van der Waals surface area contributed by atoms with E-state index in [1.54, 1.807) is 13.8 Å². The summed E-state index contributed by atoms with van der Waals surface area (Å²) in [7, 11) is 0. The smallest absolute Gasteiger partial charge is 0.416 e. The van der Waals surface area contributed by atoms with Gasteiger partial charge in [0.1, 0.15) is 0 Å². The van der Waals surface area contributed by atoms with Crippen molar-refractivity contribution in [2.45, 2.75) is 32.9 Å². The molecule has 1 aliphatic rings. The standard InChI is InChI=1S/C18H17F3N2O2/c1-4-25-17(24)15-11(3)23-10(2)13(9-22)16(15)12-7-5-6-8-14(12)18(19,20)21/h5-8,13,16H,4H2,1-3H3. The molecule has 0 spiro atoms. The number of benzene rings is 1. The van der Waals surface area contributed by atoms with Crippen LogP contribution in [0.4, 0.5) is 13.2 Å². The highest BCUT2D eigenvalue weighted by atomic mass is 19.4. The summed E-state index contributed by atoms with van der Waals surface area (Å²) >= 11 is 0. The van der Waals surface area contributed by atoms with Gasteiger partial charge in [-0.2, -0.15) is 18.4 Å². The number of allylic oxidation sites excluding steroid dienone is 1. The van der Waals surface area contributed by atoms with Gasteiger partial charge in [0.05, 0.1) is 29.7 Å². The molecule has 1 aromatic rings. The molecule has 1 aliphatic heterocycles. The molecule has 0 saturated heterocycles. The molecule has 4 nitrogen and oxygen atoms in total. The first-order valence-electron chi connectivity index (χ1n) is 7.71. The molecule has 0 aliphatic carbocycles. The molecule has 2 rings (SSSR count). The predicted octanol–water partition coefficient (Wildman–Crippen LogP) is 4.24. The number of nitriles is 1. The van der Waals surface area contributed by atoms with E-state index in [1.807, 2.05) is 6.07 Å². The highest BCUT2D eigenvalue weighted by molar-refractivity contribution is 5.98. The van der Waals surface area contributed by atoms with E-state index in [0.29, 0.717) is 5.71 Å². The maximum atomic E-state index is 13.5. The first-order valence-corrected chi connectivity index (χ1v) is 7.71. The molecule has 2 unspecified atom stereocenters. The minimum Gasteiger partial charge on any atom is -0.463 e. The van der Waals surface area contributed by atoms with Gasteiger partial charge in [-0.25, -0.2) is 4.79 Å². The van der Waals surface area contributed by atoms with Gasteiger partial charge in [0.25, 0.3) is 0 Å². The summed E-state index contributed by atoms with van der Waals surface area (Å²) in [6.45, 7) is 4.78. The number of hydrogen-bond donors (Lipinski definition) is 0. The Morgan fingerprint density at radius 1 is 1.32 bits per heavy atom. The van der Waals surface area contributed by atoms with Gasteiger partial charge in [0, 0.05) is 17.3 Å². The maximum absolute atomic E-state index is 13.5. The average Bonchev–Trinajstić information content (AvgIpc) is 2.53. The lowest BCUT2D eigenvalue weighted by Gasteiger charge is -2.30. The van der Waals surface area contributed by atoms with Crippen LogP contribution in [0.1, 0.15) is 37.8 Å². The number of halogens is 3. The molecule has 0 N–H and O–H groups in total. The van der Waals surface area contributed by atoms with Crippen LogP contribution in [0, 0.1) is 17.2 Å². The fraction of sp³-hybridized carbons (Fsp3) is 0.389. The Bertz CT molecular complexity index is 788. The van der Waals surface area contributed by atoms with Crippen molar-refractivity contribution in [1.82, 2.24) is 0 Å². The van der Waals surface area contributed by atoms with Crippen LogP contribution in [0.25, 0.3) is 0 Å². The monoisotopic (exact) mass is 350 g/mol. The predicted molar refractivity (Wildman–Crippen MR) is 85.7 cm³/mol.